The number of piperazine rings is 1. The smallest absolute Gasteiger partial charge is 0.224 e. The maximum Gasteiger partial charge on any atom is 0.224 e. The van der Waals surface area contributed by atoms with Crippen LogP contribution in [0.25, 0.3) is 0 Å². The van der Waals surface area contributed by atoms with E-state index in [0.29, 0.717) is 13.0 Å². The van der Waals surface area contributed by atoms with E-state index >= 15 is 0 Å². The van der Waals surface area contributed by atoms with Crippen molar-refractivity contribution in [1.29, 1.82) is 0 Å². The van der Waals surface area contributed by atoms with Gasteiger partial charge in [0, 0.05) is 45.0 Å². The number of hydrogen-bond donors (Lipinski definition) is 1. The predicted octanol–water partition coefficient (Wildman–Crippen LogP) is 2.32. The highest BCUT2D eigenvalue weighted by molar-refractivity contribution is 5.78. The molecule has 1 fully saturated rings. The van der Waals surface area contributed by atoms with E-state index in [4.69, 9.17) is 4.74 Å². The summed E-state index contributed by atoms with van der Waals surface area (Å²) in [6, 6.07) is 14.2. The summed E-state index contributed by atoms with van der Waals surface area (Å²) in [7, 11) is 1.63. The second-order valence-electron chi connectivity index (χ2n) is 6.68. The third kappa shape index (κ3) is 5.69. The Morgan fingerprint density at radius 3 is 2.33 bits per heavy atom. The zero-order chi connectivity index (χ0) is 19.1. The van der Waals surface area contributed by atoms with Gasteiger partial charge in [-0.3, -0.25) is 9.69 Å². The molecule has 0 saturated carbocycles. The lowest BCUT2D eigenvalue weighted by Gasteiger charge is -2.36. The Hall–Kier alpha value is -2.60. The zero-order valence-electron chi connectivity index (χ0n) is 15.7. The molecule has 0 spiro atoms. The summed E-state index contributed by atoms with van der Waals surface area (Å²) in [5, 5.41) is 2.99. The second kappa shape index (κ2) is 9.37. The number of ether oxygens (including phenoxy) is 1. The maximum absolute atomic E-state index is 13.0. The van der Waals surface area contributed by atoms with Crippen LogP contribution in [0.4, 0.5) is 10.1 Å². The number of benzene rings is 2. The van der Waals surface area contributed by atoms with Crippen molar-refractivity contribution in [2.24, 2.45) is 0 Å². The third-order valence-corrected chi connectivity index (χ3v) is 4.84. The van der Waals surface area contributed by atoms with E-state index in [2.05, 4.69) is 15.1 Å². The Kier molecular flexibility index (Phi) is 6.65. The maximum atomic E-state index is 13.0. The summed E-state index contributed by atoms with van der Waals surface area (Å²) < 4.78 is 18.1. The molecule has 1 saturated heterocycles. The molecule has 0 aliphatic carbocycles. The van der Waals surface area contributed by atoms with Gasteiger partial charge in [-0.05, 0) is 42.0 Å². The van der Waals surface area contributed by atoms with E-state index in [1.807, 2.05) is 36.4 Å². The van der Waals surface area contributed by atoms with Gasteiger partial charge in [0.25, 0.3) is 0 Å². The van der Waals surface area contributed by atoms with E-state index in [9.17, 15) is 9.18 Å². The number of hydrogen-bond acceptors (Lipinski definition) is 4. The van der Waals surface area contributed by atoms with Crippen LogP contribution in [0.2, 0.25) is 0 Å². The van der Waals surface area contributed by atoms with Crippen LogP contribution in [0.15, 0.2) is 48.5 Å². The number of carbonyl (C=O) groups excluding carboxylic acids is 1. The van der Waals surface area contributed by atoms with Crippen LogP contribution in [0, 0.1) is 5.82 Å². The minimum absolute atomic E-state index is 0.0325. The fourth-order valence-electron chi connectivity index (χ4n) is 3.23. The normalized spacial score (nSPS) is 14.8. The minimum Gasteiger partial charge on any atom is -0.497 e. The van der Waals surface area contributed by atoms with Gasteiger partial charge in [0.2, 0.25) is 5.91 Å². The lowest BCUT2D eigenvalue weighted by molar-refractivity contribution is -0.120. The van der Waals surface area contributed by atoms with E-state index in [1.54, 1.807) is 7.11 Å². The first-order chi connectivity index (χ1) is 13.1. The van der Waals surface area contributed by atoms with Crippen LogP contribution < -0.4 is 15.0 Å². The SMILES string of the molecule is COc1ccc(CC(=O)NCCN2CCN(c3ccc(F)cc3)CC2)cc1. The fourth-order valence-corrected chi connectivity index (χ4v) is 3.23. The first kappa shape index (κ1) is 19.2. The van der Waals surface area contributed by atoms with Crippen molar-refractivity contribution in [2.75, 3.05) is 51.3 Å². The van der Waals surface area contributed by atoms with Gasteiger partial charge in [-0.1, -0.05) is 12.1 Å². The zero-order valence-corrected chi connectivity index (χ0v) is 15.7. The van der Waals surface area contributed by atoms with Gasteiger partial charge >= 0.3 is 0 Å². The number of methoxy groups -OCH3 is 1. The van der Waals surface area contributed by atoms with Gasteiger partial charge in [-0.2, -0.15) is 0 Å². The van der Waals surface area contributed by atoms with E-state index in [0.717, 1.165) is 49.7 Å². The van der Waals surface area contributed by atoms with E-state index < -0.39 is 0 Å². The Bertz CT molecular complexity index is 726. The number of nitrogens with zero attached hydrogens (tertiary/aromatic N) is 2. The van der Waals surface area contributed by atoms with Gasteiger partial charge in [0.15, 0.2) is 0 Å². The average Bonchev–Trinajstić information content (AvgIpc) is 2.70. The monoisotopic (exact) mass is 371 g/mol. The molecule has 0 radical (unpaired) electrons. The number of nitrogens with one attached hydrogen (secondary N) is 1. The van der Waals surface area contributed by atoms with Crippen molar-refractivity contribution >= 4 is 11.6 Å². The largest absolute Gasteiger partial charge is 0.497 e. The number of halogens is 1. The summed E-state index contributed by atoms with van der Waals surface area (Å²) in [6.07, 6.45) is 0.377. The molecule has 1 N–H and O–H groups in total. The number of amides is 1. The molecule has 144 valence electrons. The van der Waals surface area contributed by atoms with Crippen LogP contribution in [-0.4, -0.2) is 57.2 Å². The molecule has 3 rings (SSSR count). The molecule has 0 bridgehead atoms. The van der Waals surface area contributed by atoms with Crippen molar-refractivity contribution in [3.8, 4) is 5.75 Å². The Balaban J connectivity index is 1.35. The number of anilines is 1. The minimum atomic E-state index is -0.206. The van der Waals surface area contributed by atoms with Crippen LogP contribution in [0.1, 0.15) is 5.56 Å². The molecule has 5 nitrogen and oxygen atoms in total. The molecule has 2 aromatic carbocycles. The molecule has 1 heterocycles. The Morgan fingerprint density at radius 2 is 1.70 bits per heavy atom. The van der Waals surface area contributed by atoms with Crippen LogP contribution >= 0.6 is 0 Å². The highest BCUT2D eigenvalue weighted by Crippen LogP contribution is 2.16. The molecular weight excluding hydrogens is 345 g/mol. The van der Waals surface area contributed by atoms with E-state index in [1.165, 1.54) is 12.1 Å². The fraction of sp³-hybridized carbons (Fsp3) is 0.381. The Morgan fingerprint density at radius 1 is 1.04 bits per heavy atom. The number of carbonyl (C=O) groups is 1. The molecule has 1 amide bonds. The predicted molar refractivity (Wildman–Crippen MR) is 105 cm³/mol. The second-order valence-corrected chi connectivity index (χ2v) is 6.68. The molecule has 0 aromatic heterocycles. The van der Waals surface area contributed by atoms with Crippen LogP contribution in [-0.2, 0) is 11.2 Å². The van der Waals surface area contributed by atoms with Crippen molar-refractivity contribution in [1.82, 2.24) is 10.2 Å². The standard InChI is InChI=1S/C21H26FN3O2/c1-27-20-8-2-17(3-9-20)16-21(26)23-10-11-24-12-14-25(15-13-24)19-6-4-18(22)5-7-19/h2-9H,10-16H2,1H3,(H,23,26). The highest BCUT2D eigenvalue weighted by atomic mass is 19.1. The van der Waals surface area contributed by atoms with Gasteiger partial charge in [0.05, 0.1) is 13.5 Å². The molecule has 27 heavy (non-hydrogen) atoms. The summed E-state index contributed by atoms with van der Waals surface area (Å²) in [4.78, 5) is 16.7. The lowest BCUT2D eigenvalue weighted by atomic mass is 10.1. The molecule has 0 atom stereocenters. The van der Waals surface area contributed by atoms with Gasteiger partial charge in [-0.15, -0.1) is 0 Å². The van der Waals surface area contributed by atoms with Crippen molar-refractivity contribution in [3.63, 3.8) is 0 Å². The summed E-state index contributed by atoms with van der Waals surface area (Å²) in [5.41, 5.74) is 2.03. The quantitative estimate of drug-likeness (QED) is 0.811. The van der Waals surface area contributed by atoms with Crippen molar-refractivity contribution in [3.05, 3.63) is 59.9 Å². The third-order valence-electron chi connectivity index (χ3n) is 4.84. The van der Waals surface area contributed by atoms with Crippen LogP contribution in [0.5, 0.6) is 5.75 Å². The molecule has 1 aliphatic rings. The first-order valence-electron chi connectivity index (χ1n) is 9.26. The molecular formula is C21H26FN3O2. The summed E-state index contributed by atoms with van der Waals surface area (Å²) >= 11 is 0. The van der Waals surface area contributed by atoms with Crippen LogP contribution in [0.3, 0.4) is 0 Å². The molecule has 1 aliphatic heterocycles. The summed E-state index contributed by atoms with van der Waals surface area (Å²) in [5.74, 6) is 0.617. The Labute approximate surface area is 159 Å². The lowest BCUT2D eigenvalue weighted by Crippen LogP contribution is -2.48. The van der Waals surface area contributed by atoms with Gasteiger partial charge < -0.3 is 15.0 Å². The average molecular weight is 371 g/mol. The van der Waals surface area contributed by atoms with Gasteiger partial charge in [-0.25, -0.2) is 4.39 Å². The highest BCUT2D eigenvalue weighted by Gasteiger charge is 2.17. The van der Waals surface area contributed by atoms with Crippen molar-refractivity contribution < 1.29 is 13.9 Å². The molecule has 0 unspecified atom stereocenters. The first-order valence-corrected chi connectivity index (χ1v) is 9.26. The van der Waals surface area contributed by atoms with Crippen molar-refractivity contribution in [2.45, 2.75) is 6.42 Å². The summed E-state index contributed by atoms with van der Waals surface area (Å²) in [6.45, 7) is 5.17. The molecule has 6 heteroatoms. The molecule has 2 aromatic rings. The topological polar surface area (TPSA) is 44.8 Å². The van der Waals surface area contributed by atoms with Gasteiger partial charge in [0.1, 0.15) is 11.6 Å². The number of rotatable bonds is 7. The van der Waals surface area contributed by atoms with E-state index in [-0.39, 0.29) is 11.7 Å².